The lowest BCUT2D eigenvalue weighted by atomic mass is 10.0. The van der Waals surface area contributed by atoms with Crippen molar-refractivity contribution < 1.29 is 22.8 Å². The van der Waals surface area contributed by atoms with E-state index in [-0.39, 0.29) is 24.6 Å². The molecule has 0 saturated carbocycles. The summed E-state index contributed by atoms with van der Waals surface area (Å²) in [6.45, 7) is 2.80. The van der Waals surface area contributed by atoms with Crippen LogP contribution < -0.4 is 10.2 Å². The molecule has 0 saturated heterocycles. The minimum atomic E-state index is -2.56. The zero-order valence-corrected chi connectivity index (χ0v) is 14.3. The molecule has 1 aromatic heterocycles. The first kappa shape index (κ1) is 18.7. The molecule has 142 valence electrons. The molecule has 0 fully saturated rings. The summed E-state index contributed by atoms with van der Waals surface area (Å²) in [7, 11) is 0. The van der Waals surface area contributed by atoms with Crippen LogP contribution in [-0.2, 0) is 29.1 Å². The van der Waals surface area contributed by atoms with E-state index >= 15 is 0 Å². The molecule has 1 aliphatic heterocycles. The third-order valence-corrected chi connectivity index (χ3v) is 4.15. The second-order valence-electron chi connectivity index (χ2n) is 6.10. The van der Waals surface area contributed by atoms with Crippen molar-refractivity contribution in [3.05, 3.63) is 54.1 Å². The summed E-state index contributed by atoms with van der Waals surface area (Å²) < 4.78 is 40.6. The number of benzene rings is 1. The Bertz CT molecular complexity index is 895. The lowest BCUT2D eigenvalue weighted by Crippen LogP contribution is -2.30. The number of alkyl halides is 2. The molecular formula is C18H17F3N4O2. The molecule has 1 N–H and O–H groups in total. The predicted molar refractivity (Wildman–Crippen MR) is 93.0 cm³/mol. The first-order valence-corrected chi connectivity index (χ1v) is 8.23. The molecule has 0 bridgehead atoms. The Labute approximate surface area is 153 Å². The zero-order valence-electron chi connectivity index (χ0n) is 14.3. The molecule has 0 atom stereocenters. The fourth-order valence-electron chi connectivity index (χ4n) is 2.90. The van der Waals surface area contributed by atoms with Gasteiger partial charge in [0.1, 0.15) is 12.4 Å². The Balaban J connectivity index is 1.91. The Morgan fingerprint density at radius 3 is 2.89 bits per heavy atom. The molecule has 1 aromatic carbocycles. The third-order valence-electron chi connectivity index (χ3n) is 4.15. The number of nitrogens with zero attached hydrogens (tertiary/aromatic N) is 3. The van der Waals surface area contributed by atoms with Crippen LogP contribution >= 0.6 is 0 Å². The lowest BCUT2D eigenvalue weighted by molar-refractivity contribution is -0.116. The van der Waals surface area contributed by atoms with Gasteiger partial charge in [0.15, 0.2) is 0 Å². The van der Waals surface area contributed by atoms with Gasteiger partial charge in [-0.05, 0) is 30.2 Å². The molecular weight excluding hydrogens is 361 g/mol. The molecule has 9 heteroatoms. The van der Waals surface area contributed by atoms with E-state index in [2.05, 4.69) is 17.0 Å². The van der Waals surface area contributed by atoms with Gasteiger partial charge in [-0.25, -0.2) is 13.2 Å². The van der Waals surface area contributed by atoms with Crippen LogP contribution in [0.25, 0.3) is 0 Å². The van der Waals surface area contributed by atoms with Gasteiger partial charge in [0, 0.05) is 23.9 Å². The predicted octanol–water partition coefficient (Wildman–Crippen LogP) is 2.89. The molecule has 0 spiro atoms. The number of nitrogens with one attached hydrogen (secondary N) is 1. The van der Waals surface area contributed by atoms with Crippen molar-refractivity contribution in [2.45, 2.75) is 32.4 Å². The van der Waals surface area contributed by atoms with Crippen molar-refractivity contribution in [3.63, 3.8) is 0 Å². The number of aryl methyl sites for hydroxylation is 1. The molecule has 3 rings (SSSR count). The van der Waals surface area contributed by atoms with E-state index in [1.54, 1.807) is 0 Å². The number of carbonyl (C=O) groups excluding carboxylic acids is 2. The van der Waals surface area contributed by atoms with Gasteiger partial charge < -0.3 is 10.2 Å². The molecule has 2 amide bonds. The summed E-state index contributed by atoms with van der Waals surface area (Å²) in [6, 6.07) is 2.68. The molecule has 0 aliphatic carbocycles. The SMILES string of the molecule is C=CC(=O)N(Cc1cnn(CC(F)F)c1)c1cc2c(cc1F)NC(=O)CC2. The average Bonchev–Trinajstić information content (AvgIpc) is 3.05. The number of aromatic nitrogens is 2. The van der Waals surface area contributed by atoms with E-state index in [4.69, 9.17) is 0 Å². The smallest absolute Gasteiger partial charge is 0.257 e. The first-order chi connectivity index (χ1) is 12.9. The number of hydrogen-bond donors (Lipinski definition) is 1. The number of carbonyl (C=O) groups is 2. The van der Waals surface area contributed by atoms with Crippen LogP contribution in [0.1, 0.15) is 17.5 Å². The van der Waals surface area contributed by atoms with Crippen LogP contribution in [0, 0.1) is 5.82 Å². The first-order valence-electron chi connectivity index (χ1n) is 8.23. The van der Waals surface area contributed by atoms with E-state index in [1.165, 1.54) is 24.5 Å². The van der Waals surface area contributed by atoms with Crippen LogP contribution in [-0.4, -0.2) is 28.0 Å². The quantitative estimate of drug-likeness (QED) is 0.786. The molecule has 6 nitrogen and oxygen atoms in total. The molecule has 2 aromatic rings. The third kappa shape index (κ3) is 4.18. The molecule has 0 unspecified atom stereocenters. The minimum absolute atomic E-state index is 0.0245. The maximum absolute atomic E-state index is 14.6. The van der Waals surface area contributed by atoms with E-state index in [9.17, 15) is 22.8 Å². The van der Waals surface area contributed by atoms with Crippen molar-refractivity contribution in [2.75, 3.05) is 10.2 Å². The van der Waals surface area contributed by atoms with Crippen LogP contribution in [0.15, 0.2) is 37.2 Å². The van der Waals surface area contributed by atoms with Crippen molar-refractivity contribution in [3.8, 4) is 0 Å². The second kappa shape index (κ2) is 7.65. The maximum atomic E-state index is 14.6. The maximum Gasteiger partial charge on any atom is 0.257 e. The molecule has 0 radical (unpaired) electrons. The molecule has 1 aliphatic rings. The van der Waals surface area contributed by atoms with Gasteiger partial charge in [0.2, 0.25) is 5.91 Å². The summed E-state index contributed by atoms with van der Waals surface area (Å²) in [5.41, 5.74) is 1.58. The number of hydrogen-bond acceptors (Lipinski definition) is 3. The summed E-state index contributed by atoms with van der Waals surface area (Å²) >= 11 is 0. The summed E-state index contributed by atoms with van der Waals surface area (Å²) in [5.74, 6) is -1.43. The second-order valence-corrected chi connectivity index (χ2v) is 6.10. The van der Waals surface area contributed by atoms with E-state index < -0.39 is 24.7 Å². The molecule has 2 heterocycles. The Kier molecular flexibility index (Phi) is 5.29. The van der Waals surface area contributed by atoms with E-state index in [1.807, 2.05) is 0 Å². The fourth-order valence-corrected chi connectivity index (χ4v) is 2.90. The Hall–Kier alpha value is -3.10. The normalized spacial score (nSPS) is 13.3. The van der Waals surface area contributed by atoms with Gasteiger partial charge in [-0.2, -0.15) is 5.10 Å². The number of amides is 2. The average molecular weight is 378 g/mol. The van der Waals surface area contributed by atoms with Crippen molar-refractivity contribution in [1.29, 1.82) is 0 Å². The topological polar surface area (TPSA) is 67.2 Å². The van der Waals surface area contributed by atoms with Gasteiger partial charge in [-0.15, -0.1) is 0 Å². The highest BCUT2D eigenvalue weighted by atomic mass is 19.3. The van der Waals surface area contributed by atoms with Gasteiger partial charge in [0.05, 0.1) is 18.4 Å². The number of rotatable bonds is 6. The molecule has 27 heavy (non-hydrogen) atoms. The fraction of sp³-hybridized carbons (Fsp3) is 0.278. The van der Waals surface area contributed by atoms with Crippen LogP contribution in [0.3, 0.4) is 0 Å². The highest BCUT2D eigenvalue weighted by Gasteiger charge is 2.23. The summed E-state index contributed by atoms with van der Waals surface area (Å²) in [4.78, 5) is 24.9. The largest absolute Gasteiger partial charge is 0.326 e. The Morgan fingerprint density at radius 2 is 2.19 bits per heavy atom. The van der Waals surface area contributed by atoms with Gasteiger partial charge in [-0.3, -0.25) is 14.3 Å². The van der Waals surface area contributed by atoms with Gasteiger partial charge in [0.25, 0.3) is 12.3 Å². The van der Waals surface area contributed by atoms with Crippen molar-refractivity contribution >= 4 is 23.2 Å². The number of fused-ring (bicyclic) bond motifs is 1. The highest BCUT2D eigenvalue weighted by molar-refractivity contribution is 6.02. The standard InChI is InChI=1S/C18H17F3N4O2/c1-2-18(27)25(9-11-7-22-24(8-11)10-16(20)21)15-5-12-3-4-17(26)23-14(12)6-13(15)19/h2,5-8,16H,1,3-4,9-10H2,(H,23,26). The zero-order chi connectivity index (χ0) is 19.6. The van der Waals surface area contributed by atoms with Gasteiger partial charge >= 0.3 is 0 Å². The van der Waals surface area contributed by atoms with Crippen molar-refractivity contribution in [2.24, 2.45) is 0 Å². The minimum Gasteiger partial charge on any atom is -0.326 e. The van der Waals surface area contributed by atoms with Crippen LogP contribution in [0.2, 0.25) is 0 Å². The van der Waals surface area contributed by atoms with Crippen molar-refractivity contribution in [1.82, 2.24) is 9.78 Å². The highest BCUT2D eigenvalue weighted by Crippen LogP contribution is 2.31. The van der Waals surface area contributed by atoms with E-state index in [0.717, 1.165) is 15.7 Å². The monoisotopic (exact) mass is 378 g/mol. The summed E-state index contributed by atoms with van der Waals surface area (Å²) in [6.07, 6.45) is 1.92. The van der Waals surface area contributed by atoms with E-state index in [0.29, 0.717) is 23.2 Å². The Morgan fingerprint density at radius 1 is 1.41 bits per heavy atom. The number of anilines is 2. The van der Waals surface area contributed by atoms with Crippen LogP contribution in [0.4, 0.5) is 24.5 Å². The summed E-state index contributed by atoms with van der Waals surface area (Å²) in [5, 5.41) is 6.42. The lowest BCUT2D eigenvalue weighted by Gasteiger charge is -2.24. The van der Waals surface area contributed by atoms with Gasteiger partial charge in [-0.1, -0.05) is 6.58 Å². The van der Waals surface area contributed by atoms with Crippen LogP contribution in [0.5, 0.6) is 0 Å². The number of halogens is 3.